The number of rotatable bonds is 7. The van der Waals surface area contributed by atoms with Crippen molar-refractivity contribution >= 4 is 42.2 Å². The summed E-state index contributed by atoms with van der Waals surface area (Å²) in [6.45, 7) is 0. The third kappa shape index (κ3) is 3.30. The van der Waals surface area contributed by atoms with Crippen molar-refractivity contribution in [1.82, 2.24) is 6.61 Å². The van der Waals surface area contributed by atoms with E-state index in [1.54, 1.807) is 0 Å². The Morgan fingerprint density at radius 3 is 1.69 bits per heavy atom. The fourth-order valence-electron chi connectivity index (χ4n) is 4.01. The van der Waals surface area contributed by atoms with Crippen LogP contribution in [0.25, 0.3) is 12.2 Å². The average Bonchev–Trinajstić information content (AvgIpc) is 3.28. The van der Waals surface area contributed by atoms with E-state index in [2.05, 4.69) is 79.4 Å². The summed E-state index contributed by atoms with van der Waals surface area (Å²) in [7, 11) is 0. The molecule has 4 nitrogen and oxygen atoms in total. The van der Waals surface area contributed by atoms with Gasteiger partial charge < -0.3 is 0 Å². The van der Waals surface area contributed by atoms with Crippen molar-refractivity contribution in [3.63, 3.8) is 0 Å². The van der Waals surface area contributed by atoms with Crippen LogP contribution in [0.3, 0.4) is 0 Å². The van der Waals surface area contributed by atoms with Crippen molar-refractivity contribution in [3.8, 4) is 0 Å². The summed E-state index contributed by atoms with van der Waals surface area (Å²) >= 11 is -5.11. The van der Waals surface area contributed by atoms with Crippen molar-refractivity contribution < 1.29 is 26.6 Å². The fraction of sp³-hybridized carbons (Fsp3) is 0.100. The Labute approximate surface area is 164 Å². The first-order valence-electron chi connectivity index (χ1n) is 8.63. The number of hydrogen-bond donors (Lipinski definition) is 2. The van der Waals surface area contributed by atoms with Crippen LogP contribution >= 0.6 is 0 Å². The third-order valence-electron chi connectivity index (χ3n) is 5.12. The van der Waals surface area contributed by atoms with Crippen LogP contribution in [0.15, 0.2) is 60.7 Å². The maximum atomic E-state index is 11.3. The molecule has 2 N–H and O–H groups in total. The topological polar surface area (TPSA) is 58.2 Å². The maximum absolute atomic E-state index is 11.3. The summed E-state index contributed by atoms with van der Waals surface area (Å²) in [5.41, 5.74) is 5.27. The number of nitrogens with one attached hydrogen (secondary N) is 2. The molecule has 0 fully saturated rings. The predicted molar refractivity (Wildman–Crippen MR) is 101 cm³/mol. The fourth-order valence-corrected chi connectivity index (χ4v) is 44.0. The summed E-state index contributed by atoms with van der Waals surface area (Å²) in [5, 5.41) is 0. The van der Waals surface area contributed by atoms with Gasteiger partial charge in [-0.1, -0.05) is 0 Å². The van der Waals surface area contributed by atoms with Gasteiger partial charge in [0.25, 0.3) is 0 Å². The molecule has 4 rings (SSSR count). The number of carbonyl (C=O) groups is 2. The Morgan fingerprint density at radius 2 is 1.23 bits per heavy atom. The monoisotopic (exact) mass is 523 g/mol. The molecule has 2 aliphatic rings. The summed E-state index contributed by atoms with van der Waals surface area (Å²) in [6.07, 6.45) is 10.6. The van der Waals surface area contributed by atoms with Crippen LogP contribution in [0.1, 0.15) is 29.5 Å². The molecule has 0 spiro atoms. The van der Waals surface area contributed by atoms with Crippen LogP contribution in [0.2, 0.25) is 0 Å². The molecule has 0 aromatic heterocycles. The Balaban J connectivity index is 1.79. The van der Waals surface area contributed by atoms with Gasteiger partial charge in [0.1, 0.15) is 0 Å². The Morgan fingerprint density at radius 1 is 0.769 bits per heavy atom. The van der Waals surface area contributed by atoms with Gasteiger partial charge in [-0.05, 0) is 0 Å². The number of benzene rings is 2. The molecule has 2 amide bonds. The second kappa shape index (κ2) is 8.10. The summed E-state index contributed by atoms with van der Waals surface area (Å²) in [6, 6.07) is 17.0. The van der Waals surface area contributed by atoms with E-state index in [9.17, 15) is 9.59 Å². The first-order chi connectivity index (χ1) is 12.8. The van der Waals surface area contributed by atoms with E-state index in [-0.39, 0.29) is 0 Å². The molecule has 0 saturated heterocycles. The van der Waals surface area contributed by atoms with E-state index in [0.717, 1.165) is 12.8 Å². The molecule has 26 heavy (non-hydrogen) atoms. The van der Waals surface area contributed by atoms with Crippen LogP contribution < -0.4 is 6.61 Å². The van der Waals surface area contributed by atoms with Gasteiger partial charge >= 0.3 is 166 Å². The molecular weight excluding hydrogens is 506 g/mol. The summed E-state index contributed by atoms with van der Waals surface area (Å²) < 4.78 is 6.98. The minimum absolute atomic E-state index is 0.384. The molecule has 0 aliphatic heterocycles. The normalized spacial score (nSPS) is 18.8. The molecule has 0 radical (unpaired) electrons. The predicted octanol–water partition coefficient (Wildman–Crippen LogP) is 2.62. The van der Waals surface area contributed by atoms with Crippen molar-refractivity contribution in [2.24, 2.45) is 0 Å². The standard InChI is InChI=1S/2C9H7.2CH3NO.In.Zr/c2*1-2-5-9-7-3-6-8(9)4-1;2*2-1-3;;/h2*1-7H;2*1H,(H2,2,3);;/q;;;;+2;/p-2. The van der Waals surface area contributed by atoms with E-state index in [1.165, 1.54) is 22.3 Å². The molecule has 2 unspecified atom stereocenters. The van der Waals surface area contributed by atoms with Crippen molar-refractivity contribution in [1.29, 1.82) is 0 Å². The molecular formula is C20H18InN2O2Zr. The molecule has 0 bridgehead atoms. The molecule has 2 aromatic carbocycles. The van der Waals surface area contributed by atoms with E-state index in [4.69, 9.17) is 0 Å². The number of fused-ring (bicyclic) bond motifs is 2. The first kappa shape index (κ1) is 18.0. The second-order valence-electron chi connectivity index (χ2n) is 6.43. The van der Waals surface area contributed by atoms with Gasteiger partial charge in [0.05, 0.1) is 0 Å². The van der Waals surface area contributed by atoms with Crippen molar-refractivity contribution in [2.75, 3.05) is 0 Å². The van der Waals surface area contributed by atoms with Gasteiger partial charge in [-0.3, -0.25) is 0 Å². The van der Waals surface area contributed by atoms with E-state index in [1.807, 2.05) is 0 Å². The van der Waals surface area contributed by atoms with Crippen molar-refractivity contribution in [3.05, 3.63) is 82.9 Å². The number of allylic oxidation sites excluding steroid dienone is 2. The Kier molecular flexibility index (Phi) is 5.61. The van der Waals surface area contributed by atoms with E-state index >= 15 is 0 Å². The second-order valence-corrected chi connectivity index (χ2v) is 37.1. The van der Waals surface area contributed by atoms with Gasteiger partial charge in [0, 0.05) is 0 Å². The minimum atomic E-state index is -2.76. The average molecular weight is 524 g/mol. The van der Waals surface area contributed by atoms with Crippen LogP contribution in [-0.4, -0.2) is 30.1 Å². The zero-order chi connectivity index (χ0) is 17.9. The van der Waals surface area contributed by atoms with Gasteiger partial charge in [-0.15, -0.1) is 0 Å². The Bertz CT molecular complexity index is 827. The van der Waals surface area contributed by atoms with E-state index < -0.39 is 34.3 Å². The van der Waals surface area contributed by atoms with Gasteiger partial charge in [-0.25, -0.2) is 0 Å². The van der Waals surface area contributed by atoms with Gasteiger partial charge in [0.2, 0.25) is 0 Å². The zero-order valence-corrected chi connectivity index (χ0v) is 19.9. The molecule has 6 heteroatoms. The summed E-state index contributed by atoms with van der Waals surface area (Å²) in [5.74, 6) is 0. The van der Waals surface area contributed by atoms with Crippen LogP contribution in [0.4, 0.5) is 0 Å². The van der Waals surface area contributed by atoms with Crippen LogP contribution in [0.5, 0.6) is 0 Å². The van der Waals surface area contributed by atoms with Gasteiger partial charge in [0.15, 0.2) is 0 Å². The molecule has 2 aliphatic carbocycles. The van der Waals surface area contributed by atoms with E-state index in [0.29, 0.717) is 7.25 Å². The number of amides is 2. The molecule has 2 atom stereocenters. The summed E-state index contributed by atoms with van der Waals surface area (Å²) in [4.78, 5) is 22.6. The quantitative estimate of drug-likeness (QED) is 0.548. The third-order valence-corrected chi connectivity index (χ3v) is 44.3. The van der Waals surface area contributed by atoms with Gasteiger partial charge in [-0.2, -0.15) is 0 Å². The SMILES string of the molecule is O=C[NH][In]([NH]C=O)[Zr]([CH]1C=Cc2ccccc21)[CH]1C=Cc2ccccc21. The number of hydrogen-bond acceptors (Lipinski definition) is 2. The van der Waals surface area contributed by atoms with Crippen molar-refractivity contribution in [2.45, 2.75) is 7.25 Å². The van der Waals surface area contributed by atoms with Crippen LogP contribution in [0, 0.1) is 0 Å². The molecule has 2 aromatic rings. The van der Waals surface area contributed by atoms with Crippen LogP contribution in [-0.2, 0) is 26.6 Å². The molecule has 127 valence electrons. The molecule has 0 saturated carbocycles. The molecule has 0 heterocycles. The number of carbonyl (C=O) groups excluding carboxylic acids is 2. The Hall–Kier alpha value is -1.39. The first-order valence-corrected chi connectivity index (χ1v) is 25.9. The zero-order valence-electron chi connectivity index (χ0n) is 14.1.